The summed E-state index contributed by atoms with van der Waals surface area (Å²) in [5.74, 6) is 1.80. The topological polar surface area (TPSA) is 62.6 Å². The molecule has 5 rings (SSSR count). The number of hydrogen-bond acceptors (Lipinski definition) is 6. The molecule has 0 atom stereocenters. The third-order valence-electron chi connectivity index (χ3n) is 6.96. The lowest BCUT2D eigenvalue weighted by atomic mass is 10.1. The van der Waals surface area contributed by atoms with Gasteiger partial charge in [0.1, 0.15) is 11.6 Å². The molecule has 0 saturated carbocycles. The number of nitrogens with one attached hydrogen (secondary N) is 1. The van der Waals surface area contributed by atoms with Crippen molar-refractivity contribution >= 4 is 22.3 Å². The lowest BCUT2D eigenvalue weighted by molar-refractivity contribution is 0.255. The van der Waals surface area contributed by atoms with Gasteiger partial charge in [-0.1, -0.05) is 12.6 Å². The lowest BCUT2D eigenvalue weighted by Gasteiger charge is -2.36. The smallest absolute Gasteiger partial charge is 0.261 e. The maximum Gasteiger partial charge on any atom is 0.261 e. The Labute approximate surface area is 200 Å². The number of rotatable bonds is 8. The Morgan fingerprint density at radius 1 is 1.09 bits per heavy atom. The van der Waals surface area contributed by atoms with Gasteiger partial charge in [-0.3, -0.25) is 14.3 Å². The molecule has 1 aromatic heterocycles. The summed E-state index contributed by atoms with van der Waals surface area (Å²) in [7, 11) is 1.70. The van der Waals surface area contributed by atoms with Gasteiger partial charge >= 0.3 is 0 Å². The number of benzene rings is 2. The Balaban J connectivity index is 1.08. The summed E-state index contributed by atoms with van der Waals surface area (Å²) in [5.41, 5.74) is 3.99. The van der Waals surface area contributed by atoms with E-state index in [0.29, 0.717) is 5.39 Å². The van der Waals surface area contributed by atoms with Gasteiger partial charge in [-0.2, -0.15) is 0 Å². The molecular weight excluding hydrogens is 426 g/mol. The Bertz CT molecular complexity index is 1230. The molecule has 0 unspecified atom stereocenters. The quantitative estimate of drug-likeness (QED) is 0.523. The van der Waals surface area contributed by atoms with Gasteiger partial charge in [0.15, 0.2) is 0 Å². The molecule has 1 fully saturated rings. The highest BCUT2D eigenvalue weighted by Gasteiger charge is 2.18. The summed E-state index contributed by atoms with van der Waals surface area (Å²) < 4.78 is 7.07. The number of piperazine rings is 1. The van der Waals surface area contributed by atoms with Crippen LogP contribution in [0.1, 0.15) is 24.2 Å². The molecule has 0 aliphatic carbocycles. The first kappa shape index (κ1) is 22.5. The molecule has 2 aliphatic rings. The van der Waals surface area contributed by atoms with Gasteiger partial charge in [-0.15, -0.1) is 0 Å². The van der Waals surface area contributed by atoms with Crippen molar-refractivity contribution in [3.63, 3.8) is 0 Å². The first-order valence-corrected chi connectivity index (χ1v) is 12.2. The molecule has 3 heterocycles. The van der Waals surface area contributed by atoms with E-state index in [1.807, 2.05) is 34.9 Å². The number of nitrogens with zero attached hydrogens (tertiary/aromatic N) is 4. The molecule has 1 saturated heterocycles. The van der Waals surface area contributed by atoms with Crippen molar-refractivity contribution in [2.75, 3.05) is 51.3 Å². The summed E-state index contributed by atoms with van der Waals surface area (Å²) in [4.78, 5) is 22.4. The molecule has 7 heteroatoms. The Hall–Kier alpha value is -3.32. The van der Waals surface area contributed by atoms with Crippen molar-refractivity contribution in [1.29, 1.82) is 0 Å². The number of hydrogen-bond donors (Lipinski definition) is 1. The minimum Gasteiger partial charge on any atom is -0.497 e. The van der Waals surface area contributed by atoms with Gasteiger partial charge < -0.3 is 15.0 Å². The van der Waals surface area contributed by atoms with E-state index in [-0.39, 0.29) is 5.56 Å². The third-order valence-corrected chi connectivity index (χ3v) is 6.96. The van der Waals surface area contributed by atoms with Crippen LogP contribution in [0.2, 0.25) is 0 Å². The fourth-order valence-corrected chi connectivity index (χ4v) is 4.94. The first-order valence-electron chi connectivity index (χ1n) is 12.2. The van der Waals surface area contributed by atoms with Gasteiger partial charge in [-0.25, -0.2) is 4.98 Å². The van der Waals surface area contributed by atoms with Gasteiger partial charge in [0.05, 0.1) is 18.0 Å². The van der Waals surface area contributed by atoms with Crippen LogP contribution in [0.5, 0.6) is 5.75 Å². The van der Waals surface area contributed by atoms with Crippen LogP contribution < -0.4 is 20.5 Å². The van der Waals surface area contributed by atoms with E-state index in [0.717, 1.165) is 93.4 Å². The van der Waals surface area contributed by atoms with Gasteiger partial charge in [0, 0.05) is 57.1 Å². The molecule has 34 heavy (non-hydrogen) atoms. The van der Waals surface area contributed by atoms with Crippen LogP contribution in [-0.2, 0) is 13.0 Å². The van der Waals surface area contributed by atoms with Crippen molar-refractivity contribution in [3.05, 3.63) is 70.8 Å². The molecule has 0 spiro atoms. The van der Waals surface area contributed by atoms with Crippen LogP contribution in [-0.4, -0.2) is 60.8 Å². The average molecular weight is 460 g/mol. The molecule has 1 N–H and O–H groups in total. The Kier molecular flexibility index (Phi) is 6.54. The molecule has 0 bridgehead atoms. The average Bonchev–Trinajstić information content (AvgIpc) is 3.36. The summed E-state index contributed by atoms with van der Waals surface area (Å²) in [6, 6.07) is 14.2. The zero-order valence-electron chi connectivity index (χ0n) is 19.9. The van der Waals surface area contributed by atoms with E-state index in [1.54, 1.807) is 7.11 Å². The molecule has 2 aliphatic heterocycles. The molecule has 0 radical (unpaired) electrons. The minimum absolute atomic E-state index is 0.0784. The fraction of sp³-hybridized carbons (Fsp3) is 0.407. The second-order valence-electron chi connectivity index (χ2n) is 9.11. The van der Waals surface area contributed by atoms with Crippen molar-refractivity contribution in [2.45, 2.75) is 25.8 Å². The summed E-state index contributed by atoms with van der Waals surface area (Å²) in [5, 5.41) is 4.15. The van der Waals surface area contributed by atoms with Gasteiger partial charge in [-0.05, 0) is 61.3 Å². The molecule has 7 nitrogen and oxygen atoms in total. The molecule has 3 aromatic rings. The van der Waals surface area contributed by atoms with Crippen LogP contribution >= 0.6 is 0 Å². The molecular formula is C27H33N5O2. The van der Waals surface area contributed by atoms with Crippen LogP contribution in [0.15, 0.2) is 53.8 Å². The Morgan fingerprint density at radius 3 is 2.65 bits per heavy atom. The van der Waals surface area contributed by atoms with E-state index in [9.17, 15) is 4.79 Å². The van der Waals surface area contributed by atoms with E-state index < -0.39 is 0 Å². The number of fused-ring (bicyclic) bond motifs is 2. The van der Waals surface area contributed by atoms with Crippen LogP contribution in [0, 0.1) is 0 Å². The normalized spacial score (nSPS) is 16.0. The molecule has 178 valence electrons. The van der Waals surface area contributed by atoms with Crippen molar-refractivity contribution in [1.82, 2.24) is 19.8 Å². The first-order chi connectivity index (χ1) is 16.6. The zero-order chi connectivity index (χ0) is 23.5. The maximum absolute atomic E-state index is 12.7. The highest BCUT2D eigenvalue weighted by molar-refractivity contribution is 5.82. The highest BCUT2D eigenvalue weighted by atomic mass is 16.5. The number of anilines is 1. The predicted octanol–water partition coefficient (Wildman–Crippen LogP) is 3.12. The molecule has 2 aromatic carbocycles. The number of ether oxygens (including phenoxy) is 1. The summed E-state index contributed by atoms with van der Waals surface area (Å²) in [6.07, 6.45) is 2.93. The second kappa shape index (κ2) is 9.89. The van der Waals surface area contributed by atoms with Crippen LogP contribution in [0.4, 0.5) is 5.69 Å². The number of aryl methyl sites for hydroxylation is 1. The maximum atomic E-state index is 12.7. The van der Waals surface area contributed by atoms with Crippen molar-refractivity contribution in [2.24, 2.45) is 0 Å². The standard InChI is InChI=1S/C27H33N5O2/c1-20(21-6-11-24-25(19-21)29-26-5-3-14-32(26)27(24)33)28-12-4-13-30-15-17-31(18-16-30)22-7-9-23(34-2)10-8-22/h6-11,19,28H,1,3-5,12-18H2,2H3. The van der Waals surface area contributed by atoms with Crippen LogP contribution in [0.3, 0.4) is 0 Å². The van der Waals surface area contributed by atoms with Crippen molar-refractivity contribution in [3.8, 4) is 5.75 Å². The highest BCUT2D eigenvalue weighted by Crippen LogP contribution is 2.21. The largest absolute Gasteiger partial charge is 0.497 e. The van der Waals surface area contributed by atoms with E-state index >= 15 is 0 Å². The summed E-state index contributed by atoms with van der Waals surface area (Å²) >= 11 is 0. The van der Waals surface area contributed by atoms with E-state index in [2.05, 4.69) is 33.8 Å². The van der Waals surface area contributed by atoms with Gasteiger partial charge in [0.25, 0.3) is 5.56 Å². The molecule has 0 amide bonds. The number of methoxy groups -OCH3 is 1. The number of aromatic nitrogens is 2. The van der Waals surface area contributed by atoms with Crippen LogP contribution in [0.25, 0.3) is 16.6 Å². The van der Waals surface area contributed by atoms with E-state index in [4.69, 9.17) is 9.72 Å². The second-order valence-corrected chi connectivity index (χ2v) is 9.11. The summed E-state index contributed by atoms with van der Waals surface area (Å²) in [6.45, 7) is 11.2. The van der Waals surface area contributed by atoms with Crippen molar-refractivity contribution < 1.29 is 4.74 Å². The van der Waals surface area contributed by atoms with Gasteiger partial charge in [0.2, 0.25) is 0 Å². The SMILES string of the molecule is C=C(NCCCN1CCN(c2ccc(OC)cc2)CC1)c1ccc2c(=O)n3c(nc2c1)CCC3. The predicted molar refractivity (Wildman–Crippen MR) is 138 cm³/mol. The lowest BCUT2D eigenvalue weighted by Crippen LogP contribution is -2.46. The zero-order valence-corrected chi connectivity index (χ0v) is 19.9. The Morgan fingerprint density at radius 2 is 1.88 bits per heavy atom. The minimum atomic E-state index is 0.0784. The monoisotopic (exact) mass is 459 g/mol. The fourth-order valence-electron chi connectivity index (χ4n) is 4.94. The van der Waals surface area contributed by atoms with E-state index in [1.165, 1.54) is 5.69 Å². The third kappa shape index (κ3) is 4.66.